The molecule has 212 valence electrons. The molecule has 2 amide bonds. The van der Waals surface area contributed by atoms with E-state index in [9.17, 15) is 22.4 Å². The van der Waals surface area contributed by atoms with Crippen LogP contribution in [0.2, 0.25) is 0 Å². The van der Waals surface area contributed by atoms with Crippen LogP contribution in [-0.2, 0) is 26.2 Å². The van der Waals surface area contributed by atoms with Crippen LogP contribution in [0.3, 0.4) is 0 Å². The van der Waals surface area contributed by atoms with Gasteiger partial charge < -0.3 is 19.7 Å². The molecule has 39 heavy (non-hydrogen) atoms. The number of anilines is 1. The molecule has 0 bridgehead atoms. The van der Waals surface area contributed by atoms with Crippen LogP contribution in [0.4, 0.5) is 10.1 Å². The molecule has 1 heterocycles. The van der Waals surface area contributed by atoms with Crippen molar-refractivity contribution >= 4 is 27.5 Å². The zero-order valence-corrected chi connectivity index (χ0v) is 23.2. The van der Waals surface area contributed by atoms with Gasteiger partial charge in [-0.3, -0.25) is 13.9 Å². The number of carbonyl (C=O) groups excluding carboxylic acids is 2. The van der Waals surface area contributed by atoms with Crippen molar-refractivity contribution < 1.29 is 31.9 Å². The van der Waals surface area contributed by atoms with Gasteiger partial charge in [0, 0.05) is 31.6 Å². The normalized spacial score (nSPS) is 16.0. The third kappa shape index (κ3) is 7.62. The fourth-order valence-electron chi connectivity index (χ4n) is 4.98. The monoisotopic (exact) mass is 561 g/mol. The number of nitrogens with zero attached hydrogens (tertiary/aromatic N) is 2. The largest absolute Gasteiger partial charge is 0.454 e. The molecule has 2 aromatic carbocycles. The van der Waals surface area contributed by atoms with Crippen LogP contribution in [0.1, 0.15) is 57.4 Å². The van der Waals surface area contributed by atoms with Crippen molar-refractivity contribution in [1.29, 1.82) is 0 Å². The number of nitrogens with one attached hydrogen (secondary N) is 1. The van der Waals surface area contributed by atoms with E-state index in [-0.39, 0.29) is 56.4 Å². The number of hydrogen-bond acceptors (Lipinski definition) is 6. The van der Waals surface area contributed by atoms with E-state index < -0.39 is 16.1 Å². The number of fused-ring (bicyclic) bond motifs is 1. The van der Waals surface area contributed by atoms with Crippen LogP contribution in [0, 0.1) is 5.82 Å². The van der Waals surface area contributed by atoms with Crippen LogP contribution < -0.4 is 19.1 Å². The summed E-state index contributed by atoms with van der Waals surface area (Å²) in [5.41, 5.74) is 1.11. The second-order valence-electron chi connectivity index (χ2n) is 10.1. The summed E-state index contributed by atoms with van der Waals surface area (Å²) in [5, 5.41) is 3.08. The Hall–Kier alpha value is -3.34. The zero-order valence-electron chi connectivity index (χ0n) is 22.4. The maximum Gasteiger partial charge on any atom is 0.242 e. The number of benzene rings is 2. The van der Waals surface area contributed by atoms with Crippen molar-refractivity contribution in [2.45, 2.75) is 70.5 Å². The Bertz CT molecular complexity index is 1260. The first-order valence-electron chi connectivity index (χ1n) is 13.3. The Labute approximate surface area is 229 Å². The SMILES string of the molecule is C[C@@H](C(=O)NC1CCCCC1)N(Cc1ccc(F)cc1)C(=O)CCCN(c1ccc2c(c1)OCO2)S(C)(=O)=O. The van der Waals surface area contributed by atoms with Crippen molar-refractivity contribution in [2.24, 2.45) is 0 Å². The molecule has 11 heteroatoms. The van der Waals surface area contributed by atoms with Gasteiger partial charge in [-0.05, 0) is 56.0 Å². The molecule has 1 N–H and O–H groups in total. The summed E-state index contributed by atoms with van der Waals surface area (Å²) < 4.78 is 50.5. The molecule has 2 aromatic rings. The average Bonchev–Trinajstić information content (AvgIpc) is 3.38. The van der Waals surface area contributed by atoms with Crippen molar-refractivity contribution in [3.8, 4) is 11.5 Å². The summed E-state index contributed by atoms with van der Waals surface area (Å²) in [6.07, 6.45) is 6.51. The average molecular weight is 562 g/mol. The lowest BCUT2D eigenvalue weighted by atomic mass is 9.95. The molecule has 1 aliphatic heterocycles. The zero-order chi connectivity index (χ0) is 28.0. The summed E-state index contributed by atoms with van der Waals surface area (Å²) in [5.74, 6) is 0.101. The van der Waals surface area contributed by atoms with Crippen LogP contribution in [0.15, 0.2) is 42.5 Å². The summed E-state index contributed by atoms with van der Waals surface area (Å²) in [7, 11) is -3.64. The molecule has 0 saturated heterocycles. The number of hydrogen-bond donors (Lipinski definition) is 1. The van der Waals surface area contributed by atoms with Gasteiger partial charge in [0.25, 0.3) is 0 Å². The minimum Gasteiger partial charge on any atom is -0.454 e. The molecule has 0 unspecified atom stereocenters. The predicted octanol–water partition coefficient (Wildman–Crippen LogP) is 3.97. The van der Waals surface area contributed by atoms with Gasteiger partial charge in [0.2, 0.25) is 28.6 Å². The van der Waals surface area contributed by atoms with Crippen LogP contribution >= 0.6 is 0 Å². The minimum absolute atomic E-state index is 0.0266. The van der Waals surface area contributed by atoms with E-state index in [2.05, 4.69) is 5.32 Å². The summed E-state index contributed by atoms with van der Waals surface area (Å²) in [6.45, 7) is 1.96. The Kier molecular flexibility index (Phi) is 9.32. The number of rotatable bonds is 11. The highest BCUT2D eigenvalue weighted by atomic mass is 32.2. The van der Waals surface area contributed by atoms with Gasteiger partial charge in [0.1, 0.15) is 11.9 Å². The van der Waals surface area contributed by atoms with Gasteiger partial charge in [-0.1, -0.05) is 31.4 Å². The fourth-order valence-corrected chi connectivity index (χ4v) is 5.94. The third-order valence-electron chi connectivity index (χ3n) is 7.18. The maximum absolute atomic E-state index is 13.5. The lowest BCUT2D eigenvalue weighted by Crippen LogP contribution is -2.50. The lowest BCUT2D eigenvalue weighted by Gasteiger charge is -2.31. The first kappa shape index (κ1) is 28.7. The maximum atomic E-state index is 13.5. The minimum atomic E-state index is -3.64. The lowest BCUT2D eigenvalue weighted by molar-refractivity contribution is -0.141. The second-order valence-corrected chi connectivity index (χ2v) is 12.1. The summed E-state index contributed by atoms with van der Waals surface area (Å²) in [6, 6.07) is 10.1. The number of ether oxygens (including phenoxy) is 2. The smallest absolute Gasteiger partial charge is 0.242 e. The molecule has 1 atom stereocenters. The van der Waals surface area contributed by atoms with E-state index in [0.717, 1.165) is 38.4 Å². The van der Waals surface area contributed by atoms with Crippen molar-refractivity contribution in [3.63, 3.8) is 0 Å². The highest BCUT2D eigenvalue weighted by Crippen LogP contribution is 2.36. The first-order valence-corrected chi connectivity index (χ1v) is 15.2. The van der Waals surface area contributed by atoms with Gasteiger partial charge in [-0.25, -0.2) is 12.8 Å². The Balaban J connectivity index is 1.44. The highest BCUT2D eigenvalue weighted by molar-refractivity contribution is 7.92. The number of sulfonamides is 1. The second kappa shape index (κ2) is 12.7. The van der Waals surface area contributed by atoms with Gasteiger partial charge in [0.05, 0.1) is 11.9 Å². The Morgan fingerprint density at radius 2 is 1.74 bits per heavy atom. The molecule has 0 aromatic heterocycles. The molecule has 9 nitrogen and oxygen atoms in total. The number of halogens is 1. The van der Waals surface area contributed by atoms with Crippen LogP contribution in [0.5, 0.6) is 11.5 Å². The van der Waals surface area contributed by atoms with E-state index in [1.807, 2.05) is 0 Å². The van der Waals surface area contributed by atoms with Gasteiger partial charge in [-0.15, -0.1) is 0 Å². The molecule has 4 rings (SSSR count). The van der Waals surface area contributed by atoms with Crippen molar-refractivity contribution in [3.05, 3.63) is 53.8 Å². The topological polar surface area (TPSA) is 105 Å². The Morgan fingerprint density at radius 3 is 2.44 bits per heavy atom. The molecule has 0 spiro atoms. The van der Waals surface area contributed by atoms with E-state index >= 15 is 0 Å². The predicted molar refractivity (Wildman–Crippen MR) is 145 cm³/mol. The Morgan fingerprint density at radius 1 is 1.05 bits per heavy atom. The molecule has 1 fully saturated rings. The molecular formula is C28H36FN3O6S. The van der Waals surface area contributed by atoms with Crippen molar-refractivity contribution in [1.82, 2.24) is 10.2 Å². The van der Waals surface area contributed by atoms with E-state index in [1.165, 1.54) is 21.3 Å². The van der Waals surface area contributed by atoms with Crippen molar-refractivity contribution in [2.75, 3.05) is 23.9 Å². The molecular weight excluding hydrogens is 525 g/mol. The highest BCUT2D eigenvalue weighted by Gasteiger charge is 2.29. The number of carbonyl (C=O) groups is 2. The van der Waals surface area contributed by atoms with Gasteiger partial charge in [0.15, 0.2) is 11.5 Å². The quantitative estimate of drug-likeness (QED) is 0.445. The van der Waals surface area contributed by atoms with Gasteiger partial charge >= 0.3 is 0 Å². The molecule has 1 saturated carbocycles. The van der Waals surface area contributed by atoms with Gasteiger partial charge in [-0.2, -0.15) is 0 Å². The first-order chi connectivity index (χ1) is 18.6. The standard InChI is InChI=1S/C28H36FN3O6S/c1-20(28(34)30-23-7-4-3-5-8-23)31(18-21-10-12-22(29)13-11-21)27(33)9-6-16-32(39(2,35)36)24-14-15-25-26(17-24)38-19-37-25/h10-15,17,20,23H,3-9,16,18-19H2,1-2H3,(H,30,34)/t20-/m0/s1. The van der Waals surface area contributed by atoms with Crippen LogP contribution in [0.25, 0.3) is 0 Å². The summed E-state index contributed by atoms with van der Waals surface area (Å²) >= 11 is 0. The number of amides is 2. The summed E-state index contributed by atoms with van der Waals surface area (Å²) in [4.78, 5) is 28.0. The van der Waals surface area contributed by atoms with E-state index in [0.29, 0.717) is 22.7 Å². The van der Waals surface area contributed by atoms with E-state index in [4.69, 9.17) is 9.47 Å². The van der Waals surface area contributed by atoms with E-state index in [1.54, 1.807) is 37.3 Å². The molecule has 2 aliphatic rings. The third-order valence-corrected chi connectivity index (χ3v) is 8.38. The van der Waals surface area contributed by atoms with Crippen LogP contribution in [-0.4, -0.2) is 56.8 Å². The molecule has 1 aliphatic carbocycles. The fraction of sp³-hybridized carbons (Fsp3) is 0.500. The molecule has 0 radical (unpaired) electrons.